The summed E-state index contributed by atoms with van der Waals surface area (Å²) in [5.74, 6) is 0. The lowest BCUT2D eigenvalue weighted by atomic mass is 9.88. The molecule has 0 atom stereocenters. The molecule has 1 nitrogen and oxygen atoms in total. The van der Waals surface area contributed by atoms with E-state index in [1.54, 1.807) is 0 Å². The Morgan fingerprint density at radius 1 is 0.480 bits per heavy atom. The fraction of sp³-hybridized carbons (Fsp3) is 0.333. The van der Waals surface area contributed by atoms with Crippen molar-refractivity contribution in [1.82, 2.24) is 0 Å². The molecule has 4 aromatic rings. The first kappa shape index (κ1) is 16.2. The molecule has 25 heavy (non-hydrogen) atoms. The van der Waals surface area contributed by atoms with Gasteiger partial charge in [-0.25, -0.2) is 0 Å². The minimum absolute atomic E-state index is 1.00. The van der Waals surface area contributed by atoms with Gasteiger partial charge in [-0.1, -0.05) is 6.07 Å². The minimum atomic E-state index is 1.00. The van der Waals surface area contributed by atoms with Crippen LogP contribution in [-0.2, 0) is 0 Å². The summed E-state index contributed by atoms with van der Waals surface area (Å²) in [5, 5.41) is 5.31. The highest BCUT2D eigenvalue weighted by molar-refractivity contribution is 6.22. The van der Waals surface area contributed by atoms with E-state index < -0.39 is 0 Å². The van der Waals surface area contributed by atoms with E-state index >= 15 is 0 Å². The number of rotatable bonds is 0. The number of hydrogen-bond acceptors (Lipinski definition) is 1. The van der Waals surface area contributed by atoms with Gasteiger partial charge in [0.1, 0.15) is 11.2 Å². The molecule has 0 spiro atoms. The molecule has 3 aromatic carbocycles. The molecule has 0 amide bonds. The lowest BCUT2D eigenvalue weighted by Gasteiger charge is -2.15. The molecule has 0 radical (unpaired) electrons. The van der Waals surface area contributed by atoms with Gasteiger partial charge in [0.2, 0.25) is 0 Å². The quantitative estimate of drug-likeness (QED) is 0.332. The zero-order valence-corrected chi connectivity index (χ0v) is 16.6. The third-order valence-electron chi connectivity index (χ3n) is 6.73. The standard InChI is InChI=1S/C24H26O/c1-11-12(2)16(6)21-19(15(11)5)9-10-20-23(21)22-17(7)13(3)14(4)18(8)24(22)25-20/h9-10H,1-8H3. The van der Waals surface area contributed by atoms with Crippen LogP contribution < -0.4 is 0 Å². The predicted molar refractivity (Wildman–Crippen MR) is 109 cm³/mol. The van der Waals surface area contributed by atoms with Crippen LogP contribution in [0.25, 0.3) is 32.7 Å². The number of aryl methyl sites for hydroxylation is 4. The first-order chi connectivity index (χ1) is 11.8. The number of furan rings is 1. The van der Waals surface area contributed by atoms with Crippen LogP contribution in [0.2, 0.25) is 0 Å². The van der Waals surface area contributed by atoms with Gasteiger partial charge in [0.15, 0.2) is 0 Å². The molecule has 1 heterocycles. The fourth-order valence-electron chi connectivity index (χ4n) is 4.39. The summed E-state index contributed by atoms with van der Waals surface area (Å²) in [4.78, 5) is 0. The highest BCUT2D eigenvalue weighted by Gasteiger charge is 2.20. The Morgan fingerprint density at radius 3 is 1.64 bits per heavy atom. The normalized spacial score (nSPS) is 12.0. The Hall–Kier alpha value is -2.28. The van der Waals surface area contributed by atoms with Crippen LogP contribution in [0.1, 0.15) is 44.5 Å². The number of benzene rings is 3. The summed E-state index contributed by atoms with van der Waals surface area (Å²) in [5.41, 5.74) is 12.9. The van der Waals surface area contributed by atoms with E-state index in [0.29, 0.717) is 0 Å². The first-order valence-electron chi connectivity index (χ1n) is 9.07. The van der Waals surface area contributed by atoms with Crippen LogP contribution in [0.4, 0.5) is 0 Å². The van der Waals surface area contributed by atoms with Crippen molar-refractivity contribution in [3.05, 3.63) is 56.6 Å². The van der Waals surface area contributed by atoms with Crippen LogP contribution in [0.3, 0.4) is 0 Å². The summed E-state index contributed by atoms with van der Waals surface area (Å²) in [6.07, 6.45) is 0. The van der Waals surface area contributed by atoms with Gasteiger partial charge in [0.05, 0.1) is 0 Å². The summed E-state index contributed by atoms with van der Waals surface area (Å²) in [7, 11) is 0. The van der Waals surface area contributed by atoms with Crippen molar-refractivity contribution in [2.45, 2.75) is 55.4 Å². The van der Waals surface area contributed by atoms with Crippen molar-refractivity contribution in [1.29, 1.82) is 0 Å². The van der Waals surface area contributed by atoms with Crippen LogP contribution in [0.5, 0.6) is 0 Å². The van der Waals surface area contributed by atoms with Gasteiger partial charge in [-0.05, 0) is 117 Å². The van der Waals surface area contributed by atoms with Gasteiger partial charge in [-0.15, -0.1) is 0 Å². The number of fused-ring (bicyclic) bond motifs is 5. The van der Waals surface area contributed by atoms with Crippen LogP contribution in [0.15, 0.2) is 16.5 Å². The lowest BCUT2D eigenvalue weighted by molar-refractivity contribution is 0.665. The Bertz CT molecular complexity index is 1190. The lowest BCUT2D eigenvalue weighted by Crippen LogP contribution is -1.95. The van der Waals surface area contributed by atoms with Gasteiger partial charge in [-0.2, -0.15) is 0 Å². The first-order valence-corrected chi connectivity index (χ1v) is 9.07. The maximum Gasteiger partial charge on any atom is 0.138 e. The molecule has 0 aliphatic carbocycles. The average molecular weight is 330 g/mol. The molecule has 0 fully saturated rings. The molecule has 0 saturated carbocycles. The van der Waals surface area contributed by atoms with Crippen molar-refractivity contribution in [3.8, 4) is 0 Å². The molecular weight excluding hydrogens is 304 g/mol. The van der Waals surface area contributed by atoms with E-state index in [0.717, 1.165) is 11.2 Å². The summed E-state index contributed by atoms with van der Waals surface area (Å²) in [6, 6.07) is 4.39. The van der Waals surface area contributed by atoms with Crippen LogP contribution in [-0.4, -0.2) is 0 Å². The smallest absolute Gasteiger partial charge is 0.138 e. The van der Waals surface area contributed by atoms with Gasteiger partial charge >= 0.3 is 0 Å². The van der Waals surface area contributed by atoms with Crippen molar-refractivity contribution >= 4 is 32.7 Å². The van der Waals surface area contributed by atoms with E-state index in [9.17, 15) is 0 Å². The Balaban J connectivity index is 2.42. The highest BCUT2D eigenvalue weighted by atomic mass is 16.3. The van der Waals surface area contributed by atoms with E-state index in [-0.39, 0.29) is 0 Å². The van der Waals surface area contributed by atoms with Crippen molar-refractivity contribution in [2.24, 2.45) is 0 Å². The summed E-state index contributed by atoms with van der Waals surface area (Å²) >= 11 is 0. The maximum absolute atomic E-state index is 6.37. The molecule has 0 unspecified atom stereocenters. The van der Waals surface area contributed by atoms with Gasteiger partial charge in [0.25, 0.3) is 0 Å². The second-order valence-corrected chi connectivity index (χ2v) is 7.67. The second-order valence-electron chi connectivity index (χ2n) is 7.67. The van der Waals surface area contributed by atoms with Gasteiger partial charge in [-0.3, -0.25) is 0 Å². The fourth-order valence-corrected chi connectivity index (χ4v) is 4.39. The van der Waals surface area contributed by atoms with Crippen molar-refractivity contribution in [2.75, 3.05) is 0 Å². The Morgan fingerprint density at radius 2 is 1.00 bits per heavy atom. The monoisotopic (exact) mass is 330 g/mol. The molecule has 1 aromatic heterocycles. The van der Waals surface area contributed by atoms with E-state index in [1.165, 1.54) is 66.1 Å². The summed E-state index contributed by atoms with van der Waals surface area (Å²) < 4.78 is 6.37. The third-order valence-corrected chi connectivity index (χ3v) is 6.73. The zero-order valence-electron chi connectivity index (χ0n) is 16.6. The molecule has 1 heteroatoms. The highest BCUT2D eigenvalue weighted by Crippen LogP contribution is 2.42. The van der Waals surface area contributed by atoms with Gasteiger partial charge in [0, 0.05) is 10.8 Å². The van der Waals surface area contributed by atoms with Crippen molar-refractivity contribution in [3.63, 3.8) is 0 Å². The van der Waals surface area contributed by atoms with Crippen LogP contribution in [0, 0.1) is 55.4 Å². The molecule has 0 bridgehead atoms. The van der Waals surface area contributed by atoms with Crippen LogP contribution >= 0.6 is 0 Å². The van der Waals surface area contributed by atoms with Gasteiger partial charge < -0.3 is 4.42 Å². The second kappa shape index (κ2) is 5.11. The van der Waals surface area contributed by atoms with Crippen molar-refractivity contribution < 1.29 is 4.42 Å². The Kier molecular flexibility index (Phi) is 3.31. The number of hydrogen-bond donors (Lipinski definition) is 0. The Labute approximate surface area is 149 Å². The molecule has 4 rings (SSSR count). The predicted octanol–water partition coefficient (Wildman–Crippen LogP) is 7.21. The zero-order chi connectivity index (χ0) is 18.2. The topological polar surface area (TPSA) is 13.1 Å². The maximum atomic E-state index is 6.37. The molecule has 128 valence electrons. The van der Waals surface area contributed by atoms with E-state index in [1.807, 2.05) is 0 Å². The molecule has 0 N–H and O–H groups in total. The third kappa shape index (κ3) is 1.90. The van der Waals surface area contributed by atoms with E-state index in [2.05, 4.69) is 67.5 Å². The summed E-state index contributed by atoms with van der Waals surface area (Å²) in [6.45, 7) is 17.8. The molecule has 0 aliphatic rings. The molecule has 0 saturated heterocycles. The van der Waals surface area contributed by atoms with E-state index in [4.69, 9.17) is 4.42 Å². The largest absolute Gasteiger partial charge is 0.456 e. The molecule has 0 aliphatic heterocycles. The average Bonchev–Trinajstić information content (AvgIpc) is 3.00. The minimum Gasteiger partial charge on any atom is -0.456 e. The molecular formula is C24H26O. The SMILES string of the molecule is Cc1c(C)c(C)c2c(ccc3oc4c(C)c(C)c(C)c(C)c4c32)c1C.